The van der Waals surface area contributed by atoms with Crippen LogP contribution in [0.1, 0.15) is 31.5 Å². The van der Waals surface area contributed by atoms with Crippen LogP contribution in [0.15, 0.2) is 34.6 Å². The van der Waals surface area contributed by atoms with Crippen LogP contribution in [0.2, 0.25) is 0 Å². The first-order chi connectivity index (χ1) is 8.31. The van der Waals surface area contributed by atoms with Crippen molar-refractivity contribution in [1.29, 1.82) is 0 Å². The van der Waals surface area contributed by atoms with E-state index in [0.717, 1.165) is 36.2 Å². The van der Waals surface area contributed by atoms with Crippen LogP contribution in [-0.2, 0) is 4.74 Å². The normalized spacial score (nSPS) is 17.2. The van der Waals surface area contributed by atoms with Crippen molar-refractivity contribution in [2.75, 3.05) is 13.2 Å². The van der Waals surface area contributed by atoms with Gasteiger partial charge in [0.15, 0.2) is 0 Å². The molecule has 0 radical (unpaired) electrons. The van der Waals surface area contributed by atoms with Crippen LogP contribution in [0.25, 0.3) is 0 Å². The zero-order valence-corrected chi connectivity index (χ0v) is 11.5. The summed E-state index contributed by atoms with van der Waals surface area (Å²) in [4.78, 5) is 4.47. The van der Waals surface area contributed by atoms with Gasteiger partial charge in [-0.25, -0.2) is 0 Å². The number of hydrogen-bond acceptors (Lipinski definition) is 3. The summed E-state index contributed by atoms with van der Waals surface area (Å²) in [5, 5.41) is 3.46. The number of aromatic nitrogens is 1. The molecule has 92 valence electrons. The highest BCUT2D eigenvalue weighted by Gasteiger charge is 2.19. The van der Waals surface area contributed by atoms with E-state index in [-0.39, 0.29) is 6.04 Å². The van der Waals surface area contributed by atoms with Gasteiger partial charge in [0.2, 0.25) is 0 Å². The van der Waals surface area contributed by atoms with E-state index < -0.39 is 0 Å². The molecule has 1 atom stereocenters. The van der Waals surface area contributed by atoms with Crippen LogP contribution in [0, 0.1) is 0 Å². The lowest BCUT2D eigenvalue weighted by Crippen LogP contribution is -2.25. The number of pyridine rings is 1. The zero-order chi connectivity index (χ0) is 12.1. The first-order valence-corrected chi connectivity index (χ1v) is 6.76. The maximum atomic E-state index is 5.42. The topological polar surface area (TPSA) is 34.1 Å². The number of nitrogens with one attached hydrogen (secondary N) is 1. The Kier molecular flexibility index (Phi) is 4.57. The van der Waals surface area contributed by atoms with Gasteiger partial charge in [-0.1, -0.05) is 6.92 Å². The number of nitrogens with zero attached hydrogens (tertiary/aromatic N) is 1. The molecule has 0 aliphatic carbocycles. The number of halogens is 1. The van der Waals surface area contributed by atoms with E-state index in [4.69, 9.17) is 4.74 Å². The fourth-order valence-corrected chi connectivity index (χ4v) is 2.22. The molecule has 1 aliphatic heterocycles. The van der Waals surface area contributed by atoms with Gasteiger partial charge >= 0.3 is 0 Å². The average Bonchev–Trinajstić information content (AvgIpc) is 2.38. The standard InChI is InChI=1S/C13H17BrN2O/c1-2-15-13(10-4-3-7-17-9-10)12-6-5-11(14)8-16-12/h5-6,8-9,13,15H,2-4,7H2,1H3. The number of ether oxygens (including phenoxy) is 1. The fraction of sp³-hybridized carbons (Fsp3) is 0.462. The Hall–Kier alpha value is -0.870. The van der Waals surface area contributed by atoms with E-state index in [1.165, 1.54) is 5.57 Å². The lowest BCUT2D eigenvalue weighted by atomic mass is 9.99. The van der Waals surface area contributed by atoms with Gasteiger partial charge in [0.05, 0.1) is 24.6 Å². The molecule has 0 fully saturated rings. The van der Waals surface area contributed by atoms with E-state index >= 15 is 0 Å². The van der Waals surface area contributed by atoms with Gasteiger partial charge < -0.3 is 10.1 Å². The largest absolute Gasteiger partial charge is 0.501 e. The van der Waals surface area contributed by atoms with E-state index in [0.29, 0.717) is 0 Å². The minimum Gasteiger partial charge on any atom is -0.501 e. The Morgan fingerprint density at radius 2 is 2.41 bits per heavy atom. The predicted molar refractivity (Wildman–Crippen MR) is 71.6 cm³/mol. The maximum Gasteiger partial charge on any atom is 0.0876 e. The van der Waals surface area contributed by atoms with Crippen LogP contribution in [0.5, 0.6) is 0 Å². The quantitative estimate of drug-likeness (QED) is 0.926. The molecule has 1 aromatic heterocycles. The second-order valence-corrected chi connectivity index (χ2v) is 4.97. The Morgan fingerprint density at radius 3 is 3.00 bits per heavy atom. The summed E-state index contributed by atoms with van der Waals surface area (Å²) in [5.74, 6) is 0. The third-order valence-electron chi connectivity index (χ3n) is 2.79. The van der Waals surface area contributed by atoms with Crippen LogP contribution in [0.3, 0.4) is 0 Å². The van der Waals surface area contributed by atoms with Gasteiger partial charge in [-0.15, -0.1) is 0 Å². The molecular formula is C13H17BrN2O. The van der Waals surface area contributed by atoms with Crippen molar-refractivity contribution in [3.8, 4) is 0 Å². The molecular weight excluding hydrogens is 280 g/mol. The van der Waals surface area contributed by atoms with Crippen LogP contribution in [0.4, 0.5) is 0 Å². The smallest absolute Gasteiger partial charge is 0.0876 e. The highest BCUT2D eigenvalue weighted by Crippen LogP contribution is 2.26. The van der Waals surface area contributed by atoms with Crippen LogP contribution < -0.4 is 5.32 Å². The molecule has 1 aromatic rings. The highest BCUT2D eigenvalue weighted by molar-refractivity contribution is 9.10. The molecule has 1 aliphatic rings. The van der Waals surface area contributed by atoms with Crippen LogP contribution in [-0.4, -0.2) is 18.1 Å². The summed E-state index contributed by atoms with van der Waals surface area (Å²) < 4.78 is 6.42. The van der Waals surface area contributed by atoms with Crippen molar-refractivity contribution in [2.24, 2.45) is 0 Å². The van der Waals surface area contributed by atoms with Gasteiger partial charge in [0, 0.05) is 10.7 Å². The summed E-state index contributed by atoms with van der Waals surface area (Å²) in [6.45, 7) is 3.85. The second-order valence-electron chi connectivity index (χ2n) is 4.06. The molecule has 0 bridgehead atoms. The van der Waals surface area contributed by atoms with Crippen molar-refractivity contribution < 1.29 is 4.74 Å². The van der Waals surface area contributed by atoms with E-state index in [9.17, 15) is 0 Å². The molecule has 3 nitrogen and oxygen atoms in total. The van der Waals surface area contributed by atoms with E-state index in [2.05, 4.69) is 33.2 Å². The SMILES string of the molecule is CCNC(C1=COCCC1)c1ccc(Br)cn1. The lowest BCUT2D eigenvalue weighted by molar-refractivity contribution is 0.219. The summed E-state index contributed by atoms with van der Waals surface area (Å²) in [6, 6.07) is 4.25. The monoisotopic (exact) mass is 296 g/mol. The number of hydrogen-bond donors (Lipinski definition) is 1. The molecule has 4 heteroatoms. The first-order valence-electron chi connectivity index (χ1n) is 5.96. The van der Waals surface area contributed by atoms with Gasteiger partial charge in [-0.2, -0.15) is 0 Å². The number of rotatable bonds is 4. The molecule has 2 rings (SSSR count). The van der Waals surface area contributed by atoms with Crippen molar-refractivity contribution in [3.05, 3.63) is 40.3 Å². The summed E-state index contributed by atoms with van der Waals surface area (Å²) in [7, 11) is 0. The fourth-order valence-electron chi connectivity index (χ4n) is 1.98. The lowest BCUT2D eigenvalue weighted by Gasteiger charge is -2.23. The van der Waals surface area contributed by atoms with Crippen molar-refractivity contribution in [1.82, 2.24) is 10.3 Å². The third-order valence-corrected chi connectivity index (χ3v) is 3.26. The third kappa shape index (κ3) is 3.30. The molecule has 0 spiro atoms. The minimum atomic E-state index is 0.174. The van der Waals surface area contributed by atoms with E-state index in [1.807, 2.05) is 24.6 Å². The van der Waals surface area contributed by atoms with Gasteiger partial charge in [-0.3, -0.25) is 4.98 Å². The van der Waals surface area contributed by atoms with Gasteiger partial charge in [0.25, 0.3) is 0 Å². The molecule has 2 heterocycles. The molecule has 0 saturated carbocycles. The molecule has 17 heavy (non-hydrogen) atoms. The van der Waals surface area contributed by atoms with Gasteiger partial charge in [-0.05, 0) is 53.0 Å². The summed E-state index contributed by atoms with van der Waals surface area (Å²) in [5.41, 5.74) is 2.33. The van der Waals surface area contributed by atoms with Crippen LogP contribution >= 0.6 is 15.9 Å². The Labute approximate surface area is 110 Å². The Bertz CT molecular complexity index is 389. The first kappa shape index (κ1) is 12.6. The summed E-state index contributed by atoms with van der Waals surface area (Å²) >= 11 is 3.41. The Balaban J connectivity index is 2.21. The zero-order valence-electron chi connectivity index (χ0n) is 9.95. The highest BCUT2D eigenvalue weighted by atomic mass is 79.9. The molecule has 1 N–H and O–H groups in total. The van der Waals surface area contributed by atoms with E-state index in [1.54, 1.807) is 0 Å². The van der Waals surface area contributed by atoms with Crippen molar-refractivity contribution in [3.63, 3.8) is 0 Å². The van der Waals surface area contributed by atoms with Gasteiger partial charge in [0.1, 0.15) is 0 Å². The second kappa shape index (κ2) is 6.17. The summed E-state index contributed by atoms with van der Waals surface area (Å²) in [6.07, 6.45) is 5.89. The van der Waals surface area contributed by atoms with Crippen molar-refractivity contribution in [2.45, 2.75) is 25.8 Å². The number of likely N-dealkylation sites (N-methyl/N-ethyl adjacent to an activating group) is 1. The van der Waals surface area contributed by atoms with Crippen molar-refractivity contribution >= 4 is 15.9 Å². The molecule has 0 saturated heterocycles. The molecule has 0 aromatic carbocycles. The molecule has 0 amide bonds. The minimum absolute atomic E-state index is 0.174. The predicted octanol–water partition coefficient (Wildman–Crippen LogP) is 3.19. The maximum absolute atomic E-state index is 5.42. The Morgan fingerprint density at radius 1 is 1.53 bits per heavy atom. The average molecular weight is 297 g/mol. The molecule has 1 unspecified atom stereocenters.